The van der Waals surface area contributed by atoms with E-state index in [1.807, 2.05) is 11.9 Å². The fraction of sp³-hybridized carbons (Fsp3) is 0.909. The summed E-state index contributed by atoms with van der Waals surface area (Å²) >= 11 is 3.70. The topological polar surface area (TPSA) is 20.3 Å². The monoisotopic (exact) mass is 259 g/mol. The highest BCUT2D eigenvalue weighted by Crippen LogP contribution is 2.34. The second-order valence-electron chi connectivity index (χ2n) is 4.59. The first kappa shape index (κ1) is 10.5. The van der Waals surface area contributed by atoms with Gasteiger partial charge in [-0.25, -0.2) is 0 Å². The molecular formula is C11H18BrNO. The summed E-state index contributed by atoms with van der Waals surface area (Å²) in [4.78, 5) is 14.4. The Morgan fingerprint density at radius 3 is 2.43 bits per heavy atom. The summed E-state index contributed by atoms with van der Waals surface area (Å²) in [6.07, 6.45) is 7.19. The second kappa shape index (κ2) is 4.21. The third-order valence-electron chi connectivity index (χ3n) is 3.42. The lowest BCUT2D eigenvalue weighted by Gasteiger charge is -2.35. The molecule has 0 heterocycles. The number of hydrogen-bond acceptors (Lipinski definition) is 1. The van der Waals surface area contributed by atoms with Gasteiger partial charge in [-0.3, -0.25) is 4.79 Å². The van der Waals surface area contributed by atoms with Crippen molar-refractivity contribution >= 4 is 21.8 Å². The molecule has 0 spiro atoms. The number of rotatable bonds is 2. The van der Waals surface area contributed by atoms with Gasteiger partial charge in [-0.1, -0.05) is 28.8 Å². The molecule has 2 aliphatic rings. The fourth-order valence-corrected chi connectivity index (χ4v) is 3.23. The van der Waals surface area contributed by atoms with Crippen molar-refractivity contribution in [2.45, 2.75) is 49.4 Å². The Labute approximate surface area is 94.2 Å². The highest BCUT2D eigenvalue weighted by molar-refractivity contribution is 9.09. The van der Waals surface area contributed by atoms with Crippen LogP contribution < -0.4 is 0 Å². The molecule has 2 rings (SSSR count). The molecule has 0 N–H and O–H groups in total. The SMILES string of the molecule is CN(C(=O)C1CC1)C1CCCCC1Br. The number of nitrogens with zero attached hydrogens (tertiary/aromatic N) is 1. The van der Waals surface area contributed by atoms with Crippen LogP contribution in [0.1, 0.15) is 38.5 Å². The van der Waals surface area contributed by atoms with Crippen LogP contribution in [0.2, 0.25) is 0 Å². The van der Waals surface area contributed by atoms with Crippen molar-refractivity contribution in [1.29, 1.82) is 0 Å². The lowest BCUT2D eigenvalue weighted by atomic mass is 9.94. The summed E-state index contributed by atoms with van der Waals surface area (Å²) < 4.78 is 0. The summed E-state index contributed by atoms with van der Waals surface area (Å²) in [7, 11) is 1.98. The van der Waals surface area contributed by atoms with Gasteiger partial charge in [0.15, 0.2) is 0 Å². The standard InChI is InChI=1S/C11H18BrNO/c1-13(11(14)8-6-7-8)10-5-3-2-4-9(10)12/h8-10H,2-7H2,1H3. The zero-order chi connectivity index (χ0) is 10.1. The lowest BCUT2D eigenvalue weighted by molar-refractivity contribution is -0.133. The summed E-state index contributed by atoms with van der Waals surface area (Å²) in [6.45, 7) is 0. The van der Waals surface area contributed by atoms with Crippen molar-refractivity contribution < 1.29 is 4.79 Å². The Morgan fingerprint density at radius 1 is 1.21 bits per heavy atom. The molecule has 2 aliphatic carbocycles. The average Bonchev–Trinajstić information content (AvgIpc) is 3.00. The van der Waals surface area contributed by atoms with Crippen LogP contribution in [0.25, 0.3) is 0 Å². The summed E-state index contributed by atoms with van der Waals surface area (Å²) in [5.41, 5.74) is 0. The Morgan fingerprint density at radius 2 is 1.86 bits per heavy atom. The van der Waals surface area contributed by atoms with Gasteiger partial charge in [0.2, 0.25) is 5.91 Å². The van der Waals surface area contributed by atoms with E-state index in [0.717, 1.165) is 12.8 Å². The summed E-state index contributed by atoms with van der Waals surface area (Å²) in [5, 5.41) is 0. The molecule has 2 unspecified atom stereocenters. The van der Waals surface area contributed by atoms with E-state index in [0.29, 0.717) is 22.7 Å². The van der Waals surface area contributed by atoms with Crippen LogP contribution >= 0.6 is 15.9 Å². The molecule has 1 amide bonds. The smallest absolute Gasteiger partial charge is 0.225 e. The maximum absolute atomic E-state index is 11.9. The molecule has 0 saturated heterocycles. The number of carbonyl (C=O) groups excluding carboxylic acids is 1. The third-order valence-corrected chi connectivity index (χ3v) is 4.49. The molecule has 0 bridgehead atoms. The van der Waals surface area contributed by atoms with E-state index in [4.69, 9.17) is 0 Å². The largest absolute Gasteiger partial charge is 0.341 e. The number of alkyl halides is 1. The molecule has 0 aromatic rings. The van der Waals surface area contributed by atoms with E-state index in [1.54, 1.807) is 0 Å². The molecule has 0 aromatic carbocycles. The summed E-state index contributed by atoms with van der Waals surface area (Å²) in [5.74, 6) is 0.739. The molecule has 3 heteroatoms. The van der Waals surface area contributed by atoms with Gasteiger partial charge in [-0.2, -0.15) is 0 Å². The quantitative estimate of drug-likeness (QED) is 0.699. The Hall–Kier alpha value is -0.0500. The Bertz CT molecular complexity index is 227. The first-order chi connectivity index (χ1) is 6.70. The zero-order valence-electron chi connectivity index (χ0n) is 8.71. The van der Waals surface area contributed by atoms with Gasteiger partial charge in [0.1, 0.15) is 0 Å². The van der Waals surface area contributed by atoms with E-state index < -0.39 is 0 Å². The third kappa shape index (κ3) is 2.13. The van der Waals surface area contributed by atoms with Gasteiger partial charge >= 0.3 is 0 Å². The van der Waals surface area contributed by atoms with Crippen LogP contribution in [0.5, 0.6) is 0 Å². The zero-order valence-corrected chi connectivity index (χ0v) is 10.3. The lowest BCUT2D eigenvalue weighted by Crippen LogP contribution is -2.44. The first-order valence-corrected chi connectivity index (χ1v) is 6.52. The van der Waals surface area contributed by atoms with E-state index >= 15 is 0 Å². The van der Waals surface area contributed by atoms with Gasteiger partial charge in [-0.05, 0) is 25.7 Å². The molecule has 0 radical (unpaired) electrons. The van der Waals surface area contributed by atoms with Gasteiger partial charge < -0.3 is 4.90 Å². The molecule has 14 heavy (non-hydrogen) atoms. The molecule has 2 fully saturated rings. The highest BCUT2D eigenvalue weighted by Gasteiger charge is 2.36. The van der Waals surface area contributed by atoms with Crippen molar-refractivity contribution in [3.05, 3.63) is 0 Å². The number of halogens is 1. The average molecular weight is 260 g/mol. The minimum atomic E-state index is 0.363. The number of hydrogen-bond donors (Lipinski definition) is 0. The number of carbonyl (C=O) groups is 1. The minimum absolute atomic E-state index is 0.363. The normalized spacial score (nSPS) is 32.7. The Balaban J connectivity index is 1.94. The number of amides is 1. The van der Waals surface area contributed by atoms with Crippen molar-refractivity contribution in [2.24, 2.45) is 5.92 Å². The Kier molecular flexibility index (Phi) is 3.15. The molecule has 2 atom stereocenters. The van der Waals surface area contributed by atoms with Crippen LogP contribution in [-0.4, -0.2) is 28.7 Å². The van der Waals surface area contributed by atoms with Gasteiger partial charge in [0, 0.05) is 23.8 Å². The molecule has 0 aliphatic heterocycles. The van der Waals surface area contributed by atoms with Crippen LogP contribution in [0.3, 0.4) is 0 Å². The predicted octanol–water partition coefficient (Wildman–Crippen LogP) is 2.56. The van der Waals surface area contributed by atoms with Gasteiger partial charge in [0.25, 0.3) is 0 Å². The highest BCUT2D eigenvalue weighted by atomic mass is 79.9. The van der Waals surface area contributed by atoms with Crippen LogP contribution in [0.4, 0.5) is 0 Å². The maximum atomic E-state index is 11.9. The predicted molar refractivity (Wildman–Crippen MR) is 60.5 cm³/mol. The van der Waals surface area contributed by atoms with Crippen LogP contribution in [-0.2, 0) is 4.79 Å². The molecule has 80 valence electrons. The summed E-state index contributed by atoms with van der Waals surface area (Å²) in [6, 6.07) is 0.442. The first-order valence-electron chi connectivity index (χ1n) is 5.61. The van der Waals surface area contributed by atoms with Crippen LogP contribution in [0, 0.1) is 5.92 Å². The van der Waals surface area contributed by atoms with E-state index in [9.17, 15) is 4.79 Å². The molecular weight excluding hydrogens is 242 g/mol. The van der Waals surface area contributed by atoms with Crippen molar-refractivity contribution in [2.75, 3.05) is 7.05 Å². The molecule has 2 saturated carbocycles. The van der Waals surface area contributed by atoms with E-state index in [2.05, 4.69) is 15.9 Å². The van der Waals surface area contributed by atoms with Crippen LogP contribution in [0.15, 0.2) is 0 Å². The second-order valence-corrected chi connectivity index (χ2v) is 5.77. The molecule has 2 nitrogen and oxygen atoms in total. The van der Waals surface area contributed by atoms with Crippen molar-refractivity contribution in [1.82, 2.24) is 4.90 Å². The molecule has 0 aromatic heterocycles. The van der Waals surface area contributed by atoms with Crippen molar-refractivity contribution in [3.63, 3.8) is 0 Å². The van der Waals surface area contributed by atoms with Crippen molar-refractivity contribution in [3.8, 4) is 0 Å². The van der Waals surface area contributed by atoms with Gasteiger partial charge in [0.05, 0.1) is 0 Å². The minimum Gasteiger partial charge on any atom is -0.341 e. The van der Waals surface area contributed by atoms with E-state index in [1.165, 1.54) is 25.7 Å². The van der Waals surface area contributed by atoms with E-state index in [-0.39, 0.29) is 0 Å². The van der Waals surface area contributed by atoms with Gasteiger partial charge in [-0.15, -0.1) is 0 Å². The maximum Gasteiger partial charge on any atom is 0.225 e. The fourth-order valence-electron chi connectivity index (χ4n) is 2.28.